The molecule has 0 aliphatic heterocycles. The van der Waals surface area contributed by atoms with Crippen molar-refractivity contribution in [3.8, 4) is 0 Å². The third-order valence-corrected chi connectivity index (χ3v) is 3.79. The smallest absolute Gasteiger partial charge is 0.0985 e. The molecule has 0 aromatic rings. The molecule has 0 rings (SSSR count). The van der Waals surface area contributed by atoms with E-state index in [1.807, 2.05) is 0 Å². The summed E-state index contributed by atoms with van der Waals surface area (Å²) in [6, 6.07) is 0. The van der Waals surface area contributed by atoms with Crippen LogP contribution in [0, 0.1) is 0 Å². The lowest BCUT2D eigenvalue weighted by Crippen LogP contribution is -2.21. The predicted octanol–water partition coefficient (Wildman–Crippen LogP) is 3.10. The topological polar surface area (TPSA) is 0 Å². The van der Waals surface area contributed by atoms with Crippen LogP contribution in [0.15, 0.2) is 0 Å². The highest BCUT2D eigenvalue weighted by Crippen LogP contribution is 2.29. The molecule has 0 saturated carbocycles. The minimum atomic E-state index is -0.253. The summed E-state index contributed by atoms with van der Waals surface area (Å²) in [5, 5.41) is 0. The van der Waals surface area contributed by atoms with Gasteiger partial charge in [0.25, 0.3) is 0 Å². The molecule has 0 heterocycles. The Morgan fingerprint density at radius 1 is 1.60 bits per heavy atom. The standard InChI is InChI=1S/C7H14ClFS/c1-3-7(2,6-8)10-5-4-9/h3-6H2,1-2H3. The van der Waals surface area contributed by atoms with Crippen LogP contribution in [0.5, 0.6) is 0 Å². The van der Waals surface area contributed by atoms with E-state index in [0.717, 1.165) is 6.42 Å². The number of thioether (sulfide) groups is 1. The maximum absolute atomic E-state index is 11.7. The Balaban J connectivity index is 3.58. The van der Waals surface area contributed by atoms with Crippen molar-refractivity contribution in [1.82, 2.24) is 0 Å². The molecule has 0 aliphatic carbocycles. The highest BCUT2D eigenvalue weighted by atomic mass is 35.5. The van der Waals surface area contributed by atoms with E-state index in [9.17, 15) is 4.39 Å². The molecular weight excluding hydrogens is 171 g/mol. The number of hydrogen-bond donors (Lipinski definition) is 0. The summed E-state index contributed by atoms with van der Waals surface area (Å²) in [5.74, 6) is 1.17. The molecule has 0 nitrogen and oxygen atoms in total. The van der Waals surface area contributed by atoms with Gasteiger partial charge in [-0.05, 0) is 13.3 Å². The number of hydrogen-bond acceptors (Lipinski definition) is 1. The van der Waals surface area contributed by atoms with Crippen LogP contribution in [0.4, 0.5) is 4.39 Å². The van der Waals surface area contributed by atoms with E-state index < -0.39 is 0 Å². The number of halogens is 2. The Labute approximate surface area is 71.5 Å². The van der Waals surface area contributed by atoms with Gasteiger partial charge in [-0.1, -0.05) is 6.92 Å². The fraction of sp³-hybridized carbons (Fsp3) is 1.00. The summed E-state index contributed by atoms with van der Waals surface area (Å²) >= 11 is 7.32. The molecule has 0 aromatic heterocycles. The van der Waals surface area contributed by atoms with Crippen molar-refractivity contribution in [2.24, 2.45) is 0 Å². The summed E-state index contributed by atoms with van der Waals surface area (Å²) in [6.45, 7) is 3.89. The van der Waals surface area contributed by atoms with Crippen molar-refractivity contribution in [3.63, 3.8) is 0 Å². The van der Waals surface area contributed by atoms with Crippen molar-refractivity contribution in [3.05, 3.63) is 0 Å². The number of alkyl halides is 2. The van der Waals surface area contributed by atoms with Crippen molar-refractivity contribution >= 4 is 23.4 Å². The molecule has 0 radical (unpaired) electrons. The van der Waals surface area contributed by atoms with Crippen LogP contribution in [-0.2, 0) is 0 Å². The monoisotopic (exact) mass is 184 g/mol. The zero-order chi connectivity index (χ0) is 8.04. The van der Waals surface area contributed by atoms with Crippen LogP contribution in [-0.4, -0.2) is 23.1 Å². The fourth-order valence-corrected chi connectivity index (χ4v) is 1.79. The first-order chi connectivity index (χ1) is 4.68. The largest absolute Gasteiger partial charge is 0.250 e. The van der Waals surface area contributed by atoms with E-state index >= 15 is 0 Å². The second kappa shape index (κ2) is 5.25. The van der Waals surface area contributed by atoms with Crippen LogP contribution in [0.3, 0.4) is 0 Å². The second-order valence-electron chi connectivity index (χ2n) is 2.47. The number of rotatable bonds is 5. The Hall–Kier alpha value is 0.570. The van der Waals surface area contributed by atoms with E-state index in [2.05, 4.69) is 13.8 Å². The average Bonchev–Trinajstić information content (AvgIpc) is 2.00. The van der Waals surface area contributed by atoms with Gasteiger partial charge in [0.1, 0.15) is 0 Å². The summed E-state index contributed by atoms with van der Waals surface area (Å²) in [5.41, 5.74) is 0. The lowest BCUT2D eigenvalue weighted by molar-refractivity contribution is 0.530. The first kappa shape index (κ1) is 10.6. The van der Waals surface area contributed by atoms with Gasteiger partial charge in [-0.25, -0.2) is 0 Å². The van der Waals surface area contributed by atoms with Gasteiger partial charge in [0.2, 0.25) is 0 Å². The van der Waals surface area contributed by atoms with Gasteiger partial charge in [0.15, 0.2) is 0 Å². The minimum Gasteiger partial charge on any atom is -0.250 e. The van der Waals surface area contributed by atoms with Crippen molar-refractivity contribution < 1.29 is 4.39 Å². The Morgan fingerprint density at radius 2 is 2.20 bits per heavy atom. The van der Waals surface area contributed by atoms with Crippen molar-refractivity contribution in [2.75, 3.05) is 18.3 Å². The van der Waals surface area contributed by atoms with E-state index in [4.69, 9.17) is 11.6 Å². The first-order valence-corrected chi connectivity index (χ1v) is 4.96. The zero-order valence-electron chi connectivity index (χ0n) is 6.49. The van der Waals surface area contributed by atoms with Crippen LogP contribution < -0.4 is 0 Å². The van der Waals surface area contributed by atoms with Crippen molar-refractivity contribution in [1.29, 1.82) is 0 Å². The molecule has 0 bridgehead atoms. The highest BCUT2D eigenvalue weighted by Gasteiger charge is 2.20. The molecular formula is C7H14ClFS. The summed E-state index contributed by atoms with van der Waals surface area (Å²) < 4.78 is 11.8. The molecule has 0 N–H and O–H groups in total. The molecule has 1 unspecified atom stereocenters. The second-order valence-corrected chi connectivity index (χ2v) is 4.42. The van der Waals surface area contributed by atoms with E-state index in [1.54, 1.807) is 11.8 Å². The quantitative estimate of drug-likeness (QED) is 0.592. The Morgan fingerprint density at radius 3 is 2.50 bits per heavy atom. The molecule has 1 atom stereocenters. The molecule has 0 amide bonds. The summed E-state index contributed by atoms with van der Waals surface area (Å²) in [7, 11) is 0. The summed E-state index contributed by atoms with van der Waals surface area (Å²) in [6.07, 6.45) is 1.00. The Kier molecular flexibility index (Phi) is 5.55. The maximum Gasteiger partial charge on any atom is 0.0985 e. The van der Waals surface area contributed by atoms with E-state index in [0.29, 0.717) is 11.6 Å². The molecule has 10 heavy (non-hydrogen) atoms. The molecule has 62 valence electrons. The SMILES string of the molecule is CCC(C)(CCl)SCCF. The third kappa shape index (κ3) is 3.67. The van der Waals surface area contributed by atoms with E-state index in [1.165, 1.54) is 0 Å². The first-order valence-electron chi connectivity index (χ1n) is 3.44. The summed E-state index contributed by atoms with van der Waals surface area (Å²) in [4.78, 5) is 0. The normalized spacial score (nSPS) is 16.8. The van der Waals surface area contributed by atoms with Gasteiger partial charge < -0.3 is 0 Å². The maximum atomic E-state index is 11.7. The predicted molar refractivity (Wildman–Crippen MR) is 47.8 cm³/mol. The Bertz CT molecular complexity index is 83.7. The molecule has 0 saturated heterocycles. The van der Waals surface area contributed by atoms with Crippen LogP contribution in [0.1, 0.15) is 20.3 Å². The van der Waals surface area contributed by atoms with Crippen molar-refractivity contribution in [2.45, 2.75) is 25.0 Å². The van der Waals surface area contributed by atoms with Crippen LogP contribution in [0.25, 0.3) is 0 Å². The van der Waals surface area contributed by atoms with Gasteiger partial charge in [0, 0.05) is 16.4 Å². The minimum absolute atomic E-state index is 0.0770. The molecule has 0 spiro atoms. The fourth-order valence-electron chi connectivity index (χ4n) is 0.520. The van der Waals surface area contributed by atoms with Gasteiger partial charge in [0.05, 0.1) is 6.67 Å². The third-order valence-electron chi connectivity index (χ3n) is 1.56. The van der Waals surface area contributed by atoms with Gasteiger partial charge in [-0.2, -0.15) is 11.8 Å². The lowest BCUT2D eigenvalue weighted by atomic mass is 10.1. The molecule has 0 aliphatic rings. The van der Waals surface area contributed by atoms with Gasteiger partial charge in [-0.3, -0.25) is 4.39 Å². The molecule has 0 aromatic carbocycles. The zero-order valence-corrected chi connectivity index (χ0v) is 8.07. The van der Waals surface area contributed by atoms with Gasteiger partial charge in [-0.15, -0.1) is 11.6 Å². The van der Waals surface area contributed by atoms with Crippen LogP contribution >= 0.6 is 23.4 Å². The van der Waals surface area contributed by atoms with E-state index in [-0.39, 0.29) is 11.4 Å². The van der Waals surface area contributed by atoms with Gasteiger partial charge >= 0.3 is 0 Å². The average molecular weight is 185 g/mol. The molecule has 3 heteroatoms. The lowest BCUT2D eigenvalue weighted by Gasteiger charge is -2.23. The molecule has 0 fully saturated rings. The van der Waals surface area contributed by atoms with Crippen LogP contribution in [0.2, 0.25) is 0 Å². The highest BCUT2D eigenvalue weighted by molar-refractivity contribution is 8.00.